The molecule has 5 rings (SSSR count). The van der Waals surface area contributed by atoms with Crippen LogP contribution in [-0.4, -0.2) is 72.0 Å². The Kier molecular flexibility index (Phi) is 8.58. The van der Waals surface area contributed by atoms with E-state index in [1.165, 1.54) is 18.3 Å². The molecule has 1 unspecified atom stereocenters. The van der Waals surface area contributed by atoms with Crippen LogP contribution in [0.3, 0.4) is 0 Å². The lowest BCUT2D eigenvalue weighted by Gasteiger charge is -2.29. The van der Waals surface area contributed by atoms with Crippen molar-refractivity contribution in [1.29, 1.82) is 5.41 Å². The Hall–Kier alpha value is -5.43. The molecule has 1 amide bonds. The Morgan fingerprint density at radius 2 is 1.83 bits per heavy atom. The number of halogens is 1. The summed E-state index contributed by atoms with van der Waals surface area (Å²) < 4.78 is 24.3. The van der Waals surface area contributed by atoms with E-state index < -0.39 is 23.9 Å². The van der Waals surface area contributed by atoms with Gasteiger partial charge in [-0.15, -0.1) is 0 Å². The number of amidine groups is 2. The number of benzodiazepines with no additional fused rings is 1. The molecule has 0 radical (unpaired) electrons. The molecule has 2 aliphatic heterocycles. The Labute approximate surface area is 240 Å². The van der Waals surface area contributed by atoms with Gasteiger partial charge in [0.05, 0.1) is 36.4 Å². The number of ether oxygens (including phenoxy) is 2. The minimum absolute atomic E-state index is 0.00139. The predicted molar refractivity (Wildman–Crippen MR) is 157 cm³/mol. The molecule has 214 valence electrons. The fraction of sp³-hybridized carbons (Fsp3) is 0.172. The largest absolute Gasteiger partial charge is 0.409 e. The normalized spacial score (nSPS) is 18.0. The molecule has 0 bridgehead atoms. The molecule has 2 aromatic carbocycles. The van der Waals surface area contributed by atoms with E-state index in [1.807, 2.05) is 48.5 Å². The molecule has 1 atom stereocenters. The lowest BCUT2D eigenvalue weighted by Crippen LogP contribution is -2.42. The number of amides is 1. The number of aliphatic imine (C=N–C) groups is 3. The highest BCUT2D eigenvalue weighted by Gasteiger charge is 2.26. The number of fused-ring (bicyclic) bond motifs is 1. The predicted octanol–water partition coefficient (Wildman–Crippen LogP) is 2.55. The summed E-state index contributed by atoms with van der Waals surface area (Å²) in [5.41, 5.74) is 15.1. The van der Waals surface area contributed by atoms with Gasteiger partial charge in [0, 0.05) is 30.4 Å². The Morgan fingerprint density at radius 1 is 1.10 bits per heavy atom. The van der Waals surface area contributed by atoms with Crippen LogP contribution in [0.4, 0.5) is 15.9 Å². The molecule has 0 aliphatic carbocycles. The van der Waals surface area contributed by atoms with Gasteiger partial charge in [0.15, 0.2) is 5.82 Å². The number of hydrogen-bond acceptors (Lipinski definition) is 9. The molecule has 3 heterocycles. The zero-order valence-electron chi connectivity index (χ0n) is 22.4. The van der Waals surface area contributed by atoms with Crippen LogP contribution in [0.2, 0.25) is 0 Å². The number of nitrogens with zero attached hydrogens (tertiary/aromatic N) is 5. The van der Waals surface area contributed by atoms with Gasteiger partial charge in [0.1, 0.15) is 11.7 Å². The lowest BCUT2D eigenvalue weighted by molar-refractivity contribution is -0.117. The minimum atomic E-state index is -1.29. The summed E-state index contributed by atoms with van der Waals surface area (Å²) in [6, 6.07) is 18.8. The molecule has 2 aliphatic rings. The summed E-state index contributed by atoms with van der Waals surface area (Å²) in [5, 5.41) is 11.6. The minimum Gasteiger partial charge on any atom is -0.409 e. The number of carbonyl (C=O) groups excluding carboxylic acids is 1. The summed E-state index contributed by atoms with van der Waals surface area (Å²) in [4.78, 5) is 31.8. The van der Waals surface area contributed by atoms with Gasteiger partial charge in [-0.05, 0) is 18.2 Å². The molecule has 1 fully saturated rings. The molecule has 42 heavy (non-hydrogen) atoms. The van der Waals surface area contributed by atoms with Crippen molar-refractivity contribution in [1.82, 2.24) is 9.88 Å². The number of nitrogens with one attached hydrogen (secondary N) is 2. The second kappa shape index (κ2) is 12.8. The molecular weight excluding hydrogens is 541 g/mol. The SMILES string of the molecule is N=C(C(C=Nc1ccc(F)cn1)=C(N)OC(N)=NC1N=C(c2ccccc2)c2ccccc2NC1=O)N1CCOCC1. The van der Waals surface area contributed by atoms with E-state index in [0.29, 0.717) is 37.7 Å². The zero-order valence-corrected chi connectivity index (χ0v) is 22.4. The number of rotatable bonds is 6. The van der Waals surface area contributed by atoms with Crippen molar-refractivity contribution in [2.24, 2.45) is 26.4 Å². The van der Waals surface area contributed by atoms with E-state index in [2.05, 4.69) is 25.3 Å². The van der Waals surface area contributed by atoms with Crippen LogP contribution >= 0.6 is 0 Å². The number of hydrogen-bond donors (Lipinski definition) is 4. The van der Waals surface area contributed by atoms with Crippen molar-refractivity contribution in [2.75, 3.05) is 31.6 Å². The zero-order chi connectivity index (χ0) is 29.5. The van der Waals surface area contributed by atoms with Gasteiger partial charge in [-0.25, -0.2) is 19.4 Å². The van der Waals surface area contributed by atoms with Gasteiger partial charge in [-0.2, -0.15) is 4.99 Å². The first-order valence-corrected chi connectivity index (χ1v) is 13.0. The fourth-order valence-corrected chi connectivity index (χ4v) is 4.25. The van der Waals surface area contributed by atoms with E-state index in [0.717, 1.165) is 17.3 Å². The monoisotopic (exact) mass is 569 g/mol. The number of carbonyl (C=O) groups is 1. The maximum Gasteiger partial charge on any atom is 0.291 e. The molecule has 3 aromatic rings. The van der Waals surface area contributed by atoms with Crippen molar-refractivity contribution in [3.63, 3.8) is 0 Å². The Bertz CT molecular complexity index is 1580. The van der Waals surface area contributed by atoms with Gasteiger partial charge in [0.25, 0.3) is 11.9 Å². The number of morpholine rings is 1. The van der Waals surface area contributed by atoms with Crippen molar-refractivity contribution in [2.45, 2.75) is 6.17 Å². The number of para-hydroxylation sites is 1. The second-order valence-electron chi connectivity index (χ2n) is 9.14. The summed E-state index contributed by atoms with van der Waals surface area (Å²) >= 11 is 0. The van der Waals surface area contributed by atoms with Crippen molar-refractivity contribution < 1.29 is 18.7 Å². The van der Waals surface area contributed by atoms with Crippen LogP contribution in [-0.2, 0) is 14.3 Å². The quantitative estimate of drug-likeness (QED) is 0.200. The summed E-state index contributed by atoms with van der Waals surface area (Å²) in [5.74, 6) is -1.13. The second-order valence-corrected chi connectivity index (χ2v) is 9.14. The van der Waals surface area contributed by atoms with Crippen LogP contribution in [0, 0.1) is 11.2 Å². The van der Waals surface area contributed by atoms with Gasteiger partial charge >= 0.3 is 0 Å². The topological polar surface area (TPSA) is 177 Å². The highest BCUT2D eigenvalue weighted by atomic mass is 19.1. The first-order chi connectivity index (χ1) is 20.4. The fourth-order valence-electron chi connectivity index (χ4n) is 4.25. The lowest BCUT2D eigenvalue weighted by atomic mass is 10.0. The van der Waals surface area contributed by atoms with Crippen LogP contribution in [0.5, 0.6) is 0 Å². The van der Waals surface area contributed by atoms with E-state index >= 15 is 0 Å². The highest BCUT2D eigenvalue weighted by molar-refractivity contribution is 6.19. The highest BCUT2D eigenvalue weighted by Crippen LogP contribution is 2.24. The van der Waals surface area contributed by atoms with Gasteiger partial charge in [-0.3, -0.25) is 10.2 Å². The van der Waals surface area contributed by atoms with Crippen molar-refractivity contribution in [3.05, 3.63) is 101 Å². The Morgan fingerprint density at radius 3 is 2.57 bits per heavy atom. The number of aromatic nitrogens is 1. The third-order valence-electron chi connectivity index (χ3n) is 6.32. The first kappa shape index (κ1) is 28.1. The van der Waals surface area contributed by atoms with Gasteiger partial charge < -0.3 is 31.2 Å². The van der Waals surface area contributed by atoms with Crippen LogP contribution in [0.1, 0.15) is 11.1 Å². The van der Waals surface area contributed by atoms with Crippen molar-refractivity contribution >= 4 is 41.2 Å². The number of nitrogens with two attached hydrogens (primary N) is 2. The van der Waals surface area contributed by atoms with E-state index in [-0.39, 0.29) is 23.1 Å². The molecule has 6 N–H and O–H groups in total. The molecule has 1 aromatic heterocycles. The molecule has 1 saturated heterocycles. The number of anilines is 1. The smallest absolute Gasteiger partial charge is 0.291 e. The average molecular weight is 570 g/mol. The van der Waals surface area contributed by atoms with Crippen molar-refractivity contribution in [3.8, 4) is 0 Å². The van der Waals surface area contributed by atoms with E-state index in [9.17, 15) is 9.18 Å². The van der Waals surface area contributed by atoms with Gasteiger partial charge in [0.2, 0.25) is 12.0 Å². The van der Waals surface area contributed by atoms with E-state index in [1.54, 1.807) is 11.0 Å². The Balaban J connectivity index is 1.47. The maximum atomic E-state index is 13.3. The summed E-state index contributed by atoms with van der Waals surface area (Å²) in [6.07, 6.45) is 1.01. The molecular formula is C29H28FN9O3. The molecule has 13 heteroatoms. The maximum absolute atomic E-state index is 13.3. The third kappa shape index (κ3) is 6.64. The third-order valence-corrected chi connectivity index (χ3v) is 6.32. The summed E-state index contributed by atoms with van der Waals surface area (Å²) in [6.45, 7) is 1.75. The molecule has 0 saturated carbocycles. The summed E-state index contributed by atoms with van der Waals surface area (Å²) in [7, 11) is 0. The van der Waals surface area contributed by atoms with Crippen LogP contribution in [0.15, 0.2) is 99.4 Å². The van der Waals surface area contributed by atoms with Crippen LogP contribution < -0.4 is 16.8 Å². The number of pyridine rings is 1. The average Bonchev–Trinajstić information content (AvgIpc) is 3.14. The number of benzene rings is 2. The first-order valence-electron chi connectivity index (χ1n) is 13.0. The van der Waals surface area contributed by atoms with E-state index in [4.69, 9.17) is 26.4 Å². The van der Waals surface area contributed by atoms with Gasteiger partial charge in [-0.1, -0.05) is 48.5 Å². The molecule has 0 spiro atoms. The van der Waals surface area contributed by atoms with Crippen LogP contribution in [0.25, 0.3) is 0 Å². The standard InChI is InChI=1S/C29H28FN9O3/c30-19-10-11-23(34-16-19)35-17-21(25(31)39-12-14-41-15-13-39)26(32)42-29(33)38-27-28(40)36-22-9-5-4-8-20(22)24(37-27)18-6-2-1-3-7-18/h1-11,16-17,27,31H,12-15,32H2,(H2,33,38)(H,36,40). The molecule has 12 nitrogen and oxygen atoms in total.